The lowest BCUT2D eigenvalue weighted by atomic mass is 10.1. The Kier molecular flexibility index (Phi) is 3.73. The Morgan fingerprint density at radius 1 is 1.57 bits per heavy atom. The summed E-state index contributed by atoms with van der Waals surface area (Å²) in [5.41, 5.74) is 8.14. The molecule has 0 spiro atoms. The summed E-state index contributed by atoms with van der Waals surface area (Å²) in [4.78, 5) is 4.97. The van der Waals surface area contributed by atoms with Crippen molar-refractivity contribution in [2.75, 3.05) is 12.3 Å². The average Bonchev–Trinajstić information content (AvgIpc) is 2.18. The van der Waals surface area contributed by atoms with Crippen molar-refractivity contribution in [2.24, 2.45) is 5.16 Å². The summed E-state index contributed by atoms with van der Waals surface area (Å²) in [5, 5.41) is 3.91. The van der Waals surface area contributed by atoms with Crippen LogP contribution >= 0.6 is 0 Å². The number of oxime groups is 1. The molecule has 3 heteroatoms. The number of nitrogen functional groups attached to an aromatic ring is 1. The molecule has 0 unspecified atom stereocenters. The summed E-state index contributed by atoms with van der Waals surface area (Å²) in [6, 6.07) is 7.54. The van der Waals surface area contributed by atoms with Gasteiger partial charge >= 0.3 is 0 Å². The van der Waals surface area contributed by atoms with Crippen LogP contribution in [0, 0.1) is 0 Å². The fraction of sp³-hybridized carbons (Fsp3) is 0.182. The molecular weight excluding hydrogens is 176 g/mol. The predicted octanol–water partition coefficient (Wildman–Crippen LogP) is 2.20. The van der Waals surface area contributed by atoms with Gasteiger partial charge in [-0.15, -0.1) is 0 Å². The maximum Gasteiger partial charge on any atom is 0.135 e. The molecule has 0 saturated carbocycles. The third-order valence-corrected chi connectivity index (χ3v) is 1.74. The quantitative estimate of drug-likeness (QED) is 0.260. The Morgan fingerprint density at radius 3 is 2.93 bits per heavy atom. The van der Waals surface area contributed by atoms with Crippen molar-refractivity contribution in [2.45, 2.75) is 6.92 Å². The molecule has 0 aliphatic rings. The average molecular weight is 190 g/mol. The van der Waals surface area contributed by atoms with Crippen LogP contribution in [0.5, 0.6) is 0 Å². The van der Waals surface area contributed by atoms with E-state index >= 15 is 0 Å². The third-order valence-electron chi connectivity index (χ3n) is 1.74. The molecule has 3 nitrogen and oxygen atoms in total. The van der Waals surface area contributed by atoms with Crippen molar-refractivity contribution >= 4 is 11.4 Å². The largest absolute Gasteiger partial charge is 0.398 e. The lowest BCUT2D eigenvalue weighted by molar-refractivity contribution is 0.175. The molecule has 0 atom stereocenters. The molecule has 2 N–H and O–H groups in total. The van der Waals surface area contributed by atoms with Crippen molar-refractivity contribution in [3.63, 3.8) is 0 Å². The van der Waals surface area contributed by atoms with Crippen LogP contribution in [0.15, 0.2) is 42.1 Å². The number of rotatable bonds is 4. The second-order valence-corrected chi connectivity index (χ2v) is 2.85. The highest BCUT2D eigenvalue weighted by Crippen LogP contribution is 2.11. The van der Waals surface area contributed by atoms with Crippen molar-refractivity contribution in [3.8, 4) is 0 Å². The van der Waals surface area contributed by atoms with Crippen molar-refractivity contribution in [1.29, 1.82) is 0 Å². The topological polar surface area (TPSA) is 47.6 Å². The number of nitrogens with zero attached hydrogens (tertiary/aromatic N) is 1. The minimum absolute atomic E-state index is 0.407. The van der Waals surface area contributed by atoms with E-state index in [1.165, 1.54) is 0 Å². The third kappa shape index (κ3) is 2.62. The van der Waals surface area contributed by atoms with Gasteiger partial charge in [-0.05, 0) is 13.0 Å². The van der Waals surface area contributed by atoms with Crippen molar-refractivity contribution in [1.82, 2.24) is 0 Å². The Balaban J connectivity index is 2.78. The molecule has 0 amide bonds. The molecule has 0 fully saturated rings. The van der Waals surface area contributed by atoms with E-state index in [2.05, 4.69) is 11.7 Å². The molecule has 1 aromatic rings. The molecule has 1 rings (SSSR count). The minimum Gasteiger partial charge on any atom is -0.398 e. The maximum atomic E-state index is 5.77. The van der Waals surface area contributed by atoms with Crippen molar-refractivity contribution in [3.05, 3.63) is 42.5 Å². The van der Waals surface area contributed by atoms with Gasteiger partial charge in [0.2, 0.25) is 0 Å². The van der Waals surface area contributed by atoms with Gasteiger partial charge in [0.25, 0.3) is 0 Å². The van der Waals surface area contributed by atoms with Gasteiger partial charge in [0.15, 0.2) is 0 Å². The normalized spacial score (nSPS) is 11.1. The summed E-state index contributed by atoms with van der Waals surface area (Å²) in [6.45, 7) is 5.79. The van der Waals surface area contributed by atoms with Crippen LogP contribution in [-0.2, 0) is 4.84 Å². The highest BCUT2D eigenvalue weighted by atomic mass is 16.6. The molecule has 0 bridgehead atoms. The van der Waals surface area contributed by atoms with E-state index in [-0.39, 0.29) is 0 Å². The fourth-order valence-electron chi connectivity index (χ4n) is 1.06. The van der Waals surface area contributed by atoms with E-state index < -0.39 is 0 Å². The van der Waals surface area contributed by atoms with Gasteiger partial charge < -0.3 is 10.6 Å². The van der Waals surface area contributed by atoms with Gasteiger partial charge in [0.1, 0.15) is 6.61 Å². The van der Waals surface area contributed by atoms with E-state index in [4.69, 9.17) is 10.6 Å². The zero-order valence-corrected chi connectivity index (χ0v) is 8.23. The van der Waals surface area contributed by atoms with Crippen LogP contribution in [0.1, 0.15) is 12.5 Å². The van der Waals surface area contributed by atoms with Gasteiger partial charge in [-0.3, -0.25) is 0 Å². The van der Waals surface area contributed by atoms with Crippen LogP contribution < -0.4 is 5.73 Å². The van der Waals surface area contributed by atoms with Crippen LogP contribution in [0.2, 0.25) is 0 Å². The Labute approximate surface area is 83.9 Å². The smallest absolute Gasteiger partial charge is 0.135 e. The molecule has 14 heavy (non-hydrogen) atoms. The number of hydrogen-bond donors (Lipinski definition) is 1. The zero-order chi connectivity index (χ0) is 10.4. The first-order chi connectivity index (χ1) is 6.75. The van der Waals surface area contributed by atoms with Gasteiger partial charge in [-0.2, -0.15) is 0 Å². The second-order valence-electron chi connectivity index (χ2n) is 2.85. The van der Waals surface area contributed by atoms with Crippen molar-refractivity contribution < 1.29 is 4.84 Å². The number of para-hydroxylation sites is 1. The maximum absolute atomic E-state index is 5.77. The van der Waals surface area contributed by atoms with E-state index in [9.17, 15) is 0 Å². The van der Waals surface area contributed by atoms with E-state index in [0.29, 0.717) is 12.3 Å². The molecule has 74 valence electrons. The highest BCUT2D eigenvalue weighted by Gasteiger charge is 2.00. The number of hydrogen-bond acceptors (Lipinski definition) is 3. The Morgan fingerprint density at radius 2 is 2.29 bits per heavy atom. The van der Waals surface area contributed by atoms with Gasteiger partial charge in [-0.25, -0.2) is 0 Å². The SMILES string of the molecule is C=CCO/N=C(\C)c1ccccc1N. The first kappa shape index (κ1) is 10.3. The summed E-state index contributed by atoms with van der Waals surface area (Å²) in [7, 11) is 0. The lowest BCUT2D eigenvalue weighted by Gasteiger charge is -2.03. The van der Waals surface area contributed by atoms with Crippen LogP contribution in [0.25, 0.3) is 0 Å². The van der Waals surface area contributed by atoms with Gasteiger partial charge in [0, 0.05) is 11.3 Å². The van der Waals surface area contributed by atoms with Gasteiger partial charge in [-0.1, -0.05) is 36.0 Å². The van der Waals surface area contributed by atoms with Crippen LogP contribution in [0.4, 0.5) is 5.69 Å². The number of anilines is 1. The molecule has 0 aromatic heterocycles. The summed E-state index contributed by atoms with van der Waals surface area (Å²) in [6.07, 6.45) is 1.64. The molecule has 0 saturated heterocycles. The standard InChI is InChI=1S/C11H14N2O/c1-3-8-14-13-9(2)10-6-4-5-7-11(10)12/h3-7H,1,8,12H2,2H3/b13-9+. The predicted molar refractivity (Wildman–Crippen MR) is 59.2 cm³/mol. The number of benzene rings is 1. The van der Waals surface area contributed by atoms with E-state index in [0.717, 1.165) is 11.3 Å². The molecule has 0 radical (unpaired) electrons. The Bertz CT molecular complexity index is 345. The fourth-order valence-corrected chi connectivity index (χ4v) is 1.06. The van der Waals surface area contributed by atoms with E-state index in [1.807, 2.05) is 31.2 Å². The second kappa shape index (κ2) is 5.07. The molecule has 1 aromatic carbocycles. The summed E-state index contributed by atoms with van der Waals surface area (Å²) in [5.74, 6) is 0. The first-order valence-electron chi connectivity index (χ1n) is 4.38. The monoisotopic (exact) mass is 190 g/mol. The first-order valence-corrected chi connectivity index (χ1v) is 4.38. The van der Waals surface area contributed by atoms with Crippen LogP contribution in [0.3, 0.4) is 0 Å². The van der Waals surface area contributed by atoms with E-state index in [1.54, 1.807) is 6.08 Å². The lowest BCUT2D eigenvalue weighted by Crippen LogP contribution is -2.01. The Hall–Kier alpha value is -1.77. The van der Waals surface area contributed by atoms with Gasteiger partial charge in [0.05, 0.1) is 5.71 Å². The molecule has 0 aliphatic heterocycles. The molecule has 0 aliphatic carbocycles. The summed E-state index contributed by atoms with van der Waals surface area (Å²) >= 11 is 0. The molecule has 0 heterocycles. The minimum atomic E-state index is 0.407. The number of nitrogens with two attached hydrogens (primary N) is 1. The summed E-state index contributed by atoms with van der Waals surface area (Å²) < 4.78 is 0. The highest BCUT2D eigenvalue weighted by molar-refractivity contribution is 6.02. The molecular formula is C11H14N2O. The zero-order valence-electron chi connectivity index (χ0n) is 8.23. The van der Waals surface area contributed by atoms with Crippen LogP contribution in [-0.4, -0.2) is 12.3 Å².